The molecule has 1 unspecified atom stereocenters. The van der Waals surface area contributed by atoms with Gasteiger partial charge < -0.3 is 9.47 Å². The second-order valence-corrected chi connectivity index (χ2v) is 4.37. The van der Waals surface area contributed by atoms with E-state index in [-0.39, 0.29) is 12.6 Å². The number of hydrogen-bond donors (Lipinski definition) is 2. The summed E-state index contributed by atoms with van der Waals surface area (Å²) in [5.41, 5.74) is 3.23. The van der Waals surface area contributed by atoms with Crippen molar-refractivity contribution in [1.82, 2.24) is 15.4 Å². The van der Waals surface area contributed by atoms with Crippen LogP contribution in [0.5, 0.6) is 11.6 Å². The van der Waals surface area contributed by atoms with Gasteiger partial charge in [-0.1, -0.05) is 11.6 Å². The molecular weight excluding hydrogens is 280 g/mol. The van der Waals surface area contributed by atoms with E-state index in [1.807, 2.05) is 0 Å². The molecule has 7 heteroatoms. The topological polar surface area (TPSA) is 82.3 Å². The van der Waals surface area contributed by atoms with Crippen LogP contribution < -0.4 is 20.7 Å². The average Bonchev–Trinajstić information content (AvgIpc) is 2.50. The molecule has 0 saturated carbocycles. The monoisotopic (exact) mass is 294 g/mol. The lowest BCUT2D eigenvalue weighted by Crippen LogP contribution is -2.33. The quantitative estimate of drug-likeness (QED) is 0.623. The molecule has 0 bridgehead atoms. The van der Waals surface area contributed by atoms with Gasteiger partial charge >= 0.3 is 0 Å². The lowest BCUT2D eigenvalue weighted by molar-refractivity contribution is 0.258. The lowest BCUT2D eigenvalue weighted by Gasteiger charge is -2.17. The zero-order valence-corrected chi connectivity index (χ0v) is 11.7. The van der Waals surface area contributed by atoms with Crippen molar-refractivity contribution in [2.45, 2.75) is 6.04 Å². The Balaban J connectivity index is 2.07. The third kappa shape index (κ3) is 3.57. The Morgan fingerprint density at radius 2 is 1.95 bits per heavy atom. The molecule has 20 heavy (non-hydrogen) atoms. The number of nitrogens with one attached hydrogen (secondary N) is 1. The van der Waals surface area contributed by atoms with Gasteiger partial charge in [0.25, 0.3) is 0 Å². The molecular formula is C13H15ClN4O2. The maximum Gasteiger partial charge on any atom is 0.237 e. The summed E-state index contributed by atoms with van der Waals surface area (Å²) in [6.07, 6.45) is 3.13. The van der Waals surface area contributed by atoms with Crippen molar-refractivity contribution in [1.29, 1.82) is 0 Å². The fraction of sp³-hybridized carbons (Fsp3) is 0.231. The molecule has 1 atom stereocenters. The highest BCUT2D eigenvalue weighted by molar-refractivity contribution is 6.30. The third-order valence-corrected chi connectivity index (χ3v) is 2.90. The second-order valence-electron chi connectivity index (χ2n) is 3.94. The Morgan fingerprint density at radius 3 is 2.60 bits per heavy atom. The summed E-state index contributed by atoms with van der Waals surface area (Å²) in [5.74, 6) is 6.65. The highest BCUT2D eigenvalue weighted by Crippen LogP contribution is 2.21. The van der Waals surface area contributed by atoms with Crippen molar-refractivity contribution in [2.24, 2.45) is 5.84 Å². The van der Waals surface area contributed by atoms with E-state index in [2.05, 4.69) is 15.4 Å². The number of hydrazine groups is 1. The number of nitrogens with zero attached hydrogens (tertiary/aromatic N) is 2. The lowest BCUT2D eigenvalue weighted by atomic mass is 10.2. The van der Waals surface area contributed by atoms with Crippen molar-refractivity contribution >= 4 is 11.6 Å². The fourth-order valence-electron chi connectivity index (χ4n) is 1.65. The summed E-state index contributed by atoms with van der Waals surface area (Å²) < 4.78 is 10.8. The Bertz CT molecular complexity index is 550. The SMILES string of the molecule is COc1nccnc1C(COc1ccc(Cl)cc1)NN. The predicted molar refractivity (Wildman–Crippen MR) is 75.6 cm³/mol. The van der Waals surface area contributed by atoms with E-state index in [1.165, 1.54) is 7.11 Å². The minimum atomic E-state index is -0.339. The van der Waals surface area contributed by atoms with Crippen LogP contribution in [0.2, 0.25) is 5.02 Å². The van der Waals surface area contributed by atoms with Crippen molar-refractivity contribution in [3.8, 4) is 11.6 Å². The van der Waals surface area contributed by atoms with E-state index < -0.39 is 0 Å². The van der Waals surface area contributed by atoms with Gasteiger partial charge in [-0.2, -0.15) is 0 Å². The standard InChI is InChI=1S/C13H15ClN4O2/c1-19-13-12(16-6-7-17-13)11(18-15)8-20-10-4-2-9(14)3-5-10/h2-7,11,18H,8,15H2,1H3. The van der Waals surface area contributed by atoms with Crippen LogP contribution >= 0.6 is 11.6 Å². The summed E-state index contributed by atoms with van der Waals surface area (Å²) in [6, 6.07) is 6.73. The number of methoxy groups -OCH3 is 1. The summed E-state index contributed by atoms with van der Waals surface area (Å²) >= 11 is 5.81. The number of hydrogen-bond acceptors (Lipinski definition) is 6. The highest BCUT2D eigenvalue weighted by Gasteiger charge is 2.18. The van der Waals surface area contributed by atoms with Crippen LogP contribution in [0.15, 0.2) is 36.7 Å². The van der Waals surface area contributed by atoms with Gasteiger partial charge in [-0.15, -0.1) is 0 Å². The Morgan fingerprint density at radius 1 is 1.25 bits per heavy atom. The predicted octanol–water partition coefficient (Wildman–Crippen LogP) is 1.72. The van der Waals surface area contributed by atoms with Crippen LogP contribution in [0.4, 0.5) is 0 Å². The van der Waals surface area contributed by atoms with Gasteiger partial charge in [0.15, 0.2) is 0 Å². The highest BCUT2D eigenvalue weighted by atomic mass is 35.5. The maximum absolute atomic E-state index is 5.81. The van der Waals surface area contributed by atoms with Crippen LogP contribution in [-0.2, 0) is 0 Å². The molecule has 0 fully saturated rings. The van der Waals surface area contributed by atoms with Gasteiger partial charge in [-0.05, 0) is 24.3 Å². The molecule has 2 rings (SSSR count). The second kappa shape index (κ2) is 7.04. The average molecular weight is 295 g/mol. The van der Waals surface area contributed by atoms with Crippen molar-refractivity contribution in [3.05, 3.63) is 47.4 Å². The molecule has 0 aliphatic rings. The third-order valence-electron chi connectivity index (χ3n) is 2.65. The van der Waals surface area contributed by atoms with Crippen molar-refractivity contribution < 1.29 is 9.47 Å². The first-order valence-electron chi connectivity index (χ1n) is 5.94. The molecule has 0 saturated heterocycles. The normalized spacial score (nSPS) is 11.9. The maximum atomic E-state index is 5.81. The van der Waals surface area contributed by atoms with E-state index in [9.17, 15) is 0 Å². The van der Waals surface area contributed by atoms with Crippen LogP contribution in [0.1, 0.15) is 11.7 Å². The first-order valence-corrected chi connectivity index (χ1v) is 6.31. The first kappa shape index (κ1) is 14.5. The Kier molecular flexibility index (Phi) is 5.11. The molecule has 1 aromatic heterocycles. The van der Waals surface area contributed by atoms with Gasteiger partial charge in [0.1, 0.15) is 24.1 Å². The molecule has 0 amide bonds. The molecule has 2 aromatic rings. The van der Waals surface area contributed by atoms with Gasteiger partial charge in [-0.25, -0.2) is 10.4 Å². The van der Waals surface area contributed by atoms with Gasteiger partial charge in [0.2, 0.25) is 5.88 Å². The smallest absolute Gasteiger partial charge is 0.237 e. The van der Waals surface area contributed by atoms with Gasteiger partial charge in [-0.3, -0.25) is 10.8 Å². The summed E-state index contributed by atoms with van der Waals surface area (Å²) in [7, 11) is 1.53. The van der Waals surface area contributed by atoms with Crippen molar-refractivity contribution in [3.63, 3.8) is 0 Å². The summed E-state index contributed by atoms with van der Waals surface area (Å²) in [4.78, 5) is 8.30. The van der Waals surface area contributed by atoms with E-state index >= 15 is 0 Å². The minimum absolute atomic E-state index is 0.285. The molecule has 106 valence electrons. The molecule has 6 nitrogen and oxygen atoms in total. The molecule has 0 radical (unpaired) electrons. The Labute approximate surface area is 121 Å². The largest absolute Gasteiger partial charge is 0.491 e. The van der Waals surface area contributed by atoms with Crippen molar-refractivity contribution in [2.75, 3.05) is 13.7 Å². The van der Waals surface area contributed by atoms with Gasteiger partial charge in [0.05, 0.1) is 7.11 Å². The number of halogens is 1. The van der Waals surface area contributed by atoms with E-state index in [0.717, 1.165) is 0 Å². The Hall–Kier alpha value is -1.89. The van der Waals surface area contributed by atoms with Crippen LogP contribution in [-0.4, -0.2) is 23.7 Å². The fourth-order valence-corrected chi connectivity index (χ4v) is 1.77. The minimum Gasteiger partial charge on any atom is -0.491 e. The first-order chi connectivity index (χ1) is 9.74. The molecule has 3 N–H and O–H groups in total. The van der Waals surface area contributed by atoms with Crippen LogP contribution in [0, 0.1) is 0 Å². The van der Waals surface area contributed by atoms with Crippen LogP contribution in [0.3, 0.4) is 0 Å². The molecule has 1 heterocycles. The number of aromatic nitrogens is 2. The van der Waals surface area contributed by atoms with Crippen LogP contribution in [0.25, 0.3) is 0 Å². The van der Waals surface area contributed by atoms with E-state index in [4.69, 9.17) is 26.9 Å². The van der Waals surface area contributed by atoms with E-state index in [0.29, 0.717) is 22.3 Å². The summed E-state index contributed by atoms with van der Waals surface area (Å²) in [6.45, 7) is 0.285. The zero-order valence-electron chi connectivity index (χ0n) is 10.9. The number of benzene rings is 1. The molecule has 0 aliphatic heterocycles. The zero-order chi connectivity index (χ0) is 14.4. The van der Waals surface area contributed by atoms with Gasteiger partial charge in [0, 0.05) is 17.4 Å². The molecule has 0 aliphatic carbocycles. The van der Waals surface area contributed by atoms with E-state index in [1.54, 1.807) is 36.7 Å². The molecule has 1 aromatic carbocycles. The number of ether oxygens (including phenoxy) is 2. The molecule has 0 spiro atoms. The number of nitrogens with two attached hydrogens (primary N) is 1. The number of rotatable bonds is 6. The summed E-state index contributed by atoms with van der Waals surface area (Å²) in [5, 5.41) is 0.654.